The van der Waals surface area contributed by atoms with E-state index >= 15 is 0 Å². The normalized spacial score (nSPS) is 15.1. The van der Waals surface area contributed by atoms with Crippen molar-refractivity contribution in [2.24, 2.45) is 5.92 Å². The summed E-state index contributed by atoms with van der Waals surface area (Å²) in [4.78, 5) is 59.0. The lowest BCUT2D eigenvalue weighted by atomic mass is 9.97. The van der Waals surface area contributed by atoms with Gasteiger partial charge >= 0.3 is 11.8 Å². The first kappa shape index (κ1) is 30.6. The van der Waals surface area contributed by atoms with Gasteiger partial charge in [-0.2, -0.15) is 0 Å². The fraction of sp³-hybridized carbons (Fsp3) is 0.387. The Morgan fingerprint density at radius 2 is 1.72 bits per heavy atom. The number of aromatic nitrogens is 4. The molecule has 10 nitrogen and oxygen atoms in total. The largest absolute Gasteiger partial charge is 0.444 e. The molecule has 43 heavy (non-hydrogen) atoms. The Labute approximate surface area is 258 Å². The number of carbonyl (C=O) groups excluding carboxylic acids is 2. The zero-order valence-electron chi connectivity index (χ0n) is 24.4. The highest BCUT2D eigenvalue weighted by Gasteiger charge is 2.30. The third kappa shape index (κ3) is 6.12. The highest BCUT2D eigenvalue weighted by Crippen LogP contribution is 2.32. The van der Waals surface area contributed by atoms with Crippen molar-refractivity contribution in [2.75, 3.05) is 13.1 Å². The fourth-order valence-corrected chi connectivity index (χ4v) is 5.69. The Morgan fingerprint density at radius 3 is 2.33 bits per heavy atom. The minimum Gasteiger partial charge on any atom is -0.444 e. The maximum absolute atomic E-state index is 14.0. The van der Waals surface area contributed by atoms with Crippen LogP contribution >= 0.6 is 23.2 Å². The second-order valence-corrected chi connectivity index (χ2v) is 12.6. The minimum atomic E-state index is -1.01. The highest BCUT2D eigenvalue weighted by atomic mass is 35.5. The number of nitrogens with zero attached hydrogens (tertiary/aromatic N) is 5. The zero-order valence-corrected chi connectivity index (χ0v) is 25.9. The molecule has 226 valence electrons. The Hall–Kier alpha value is -3.89. The number of hydrogen-bond donors (Lipinski definition) is 0. The van der Waals surface area contributed by atoms with Crippen molar-refractivity contribution in [2.45, 2.75) is 58.7 Å². The fourth-order valence-electron chi connectivity index (χ4n) is 5.34. The van der Waals surface area contributed by atoms with Crippen LogP contribution in [0.25, 0.3) is 28.2 Å². The number of amides is 1. The summed E-state index contributed by atoms with van der Waals surface area (Å²) >= 11 is 12.8. The van der Waals surface area contributed by atoms with Gasteiger partial charge in [0.25, 0.3) is 5.56 Å². The van der Waals surface area contributed by atoms with Crippen molar-refractivity contribution in [1.82, 2.24) is 23.6 Å². The number of likely N-dealkylation sites (tertiary alicyclic amines) is 1. The molecule has 0 aliphatic carbocycles. The molecular formula is C31H33Cl2N5O5. The number of aldehydes is 1. The van der Waals surface area contributed by atoms with E-state index in [4.69, 9.17) is 32.9 Å². The first-order chi connectivity index (χ1) is 20.4. The van der Waals surface area contributed by atoms with Gasteiger partial charge in [0.15, 0.2) is 11.2 Å². The number of hydrogen-bond acceptors (Lipinski definition) is 6. The molecule has 3 heterocycles. The summed E-state index contributed by atoms with van der Waals surface area (Å²) in [5, 5.41) is 0.923. The quantitative estimate of drug-likeness (QED) is 0.253. The van der Waals surface area contributed by atoms with E-state index in [0.29, 0.717) is 59.3 Å². The van der Waals surface area contributed by atoms with Crippen molar-refractivity contribution in [1.29, 1.82) is 0 Å². The molecule has 1 saturated heterocycles. The lowest BCUT2D eigenvalue weighted by Gasteiger charge is -2.33. The van der Waals surface area contributed by atoms with E-state index in [1.165, 1.54) is 11.5 Å². The predicted octanol–water partition coefficient (Wildman–Crippen LogP) is 5.73. The van der Waals surface area contributed by atoms with Crippen molar-refractivity contribution in [3.8, 4) is 17.1 Å². The summed E-state index contributed by atoms with van der Waals surface area (Å²) in [6, 6.07) is 13.0. The molecule has 1 unspecified atom stereocenters. The third-order valence-corrected chi connectivity index (χ3v) is 8.07. The van der Waals surface area contributed by atoms with Gasteiger partial charge in [-0.3, -0.25) is 13.9 Å². The van der Waals surface area contributed by atoms with Gasteiger partial charge in [0, 0.05) is 35.9 Å². The molecule has 0 spiro atoms. The Balaban J connectivity index is 1.67. The van der Waals surface area contributed by atoms with Gasteiger partial charge in [-0.15, -0.1) is 0 Å². The molecular weight excluding hydrogens is 593 g/mol. The molecule has 1 atom stereocenters. The molecule has 1 aliphatic rings. The van der Waals surface area contributed by atoms with Crippen LogP contribution in [0.5, 0.6) is 0 Å². The Bertz CT molecular complexity index is 1790. The van der Waals surface area contributed by atoms with Crippen LogP contribution in [-0.2, 0) is 16.1 Å². The standard InChI is InChI=1S/C31H33Cl2N5O5/c1-19(18-39)37-28(40)25-27(36(29(37)41)17-20-13-15-35(16-14-20)30(42)43-31(2,3)4)34-26(23-7-5-6-8-24(23)33)38(25)22-11-9-21(32)10-12-22/h5-12,18-20H,13-17H2,1-4H3. The molecule has 4 aromatic rings. The van der Waals surface area contributed by atoms with Crippen LogP contribution < -0.4 is 11.2 Å². The molecule has 5 rings (SSSR count). The second kappa shape index (κ2) is 12.0. The lowest BCUT2D eigenvalue weighted by molar-refractivity contribution is -0.110. The molecule has 0 radical (unpaired) electrons. The van der Waals surface area contributed by atoms with Gasteiger partial charge in [0.1, 0.15) is 17.7 Å². The van der Waals surface area contributed by atoms with Crippen LogP contribution in [0.15, 0.2) is 58.1 Å². The minimum absolute atomic E-state index is 0.00141. The summed E-state index contributed by atoms with van der Waals surface area (Å²) in [5.74, 6) is 0.367. The number of benzene rings is 2. The molecule has 2 aromatic carbocycles. The number of fused-ring (bicyclic) bond motifs is 1. The third-order valence-electron chi connectivity index (χ3n) is 7.48. The van der Waals surface area contributed by atoms with E-state index in [1.807, 2.05) is 26.8 Å². The summed E-state index contributed by atoms with van der Waals surface area (Å²) in [6.45, 7) is 8.14. The van der Waals surface area contributed by atoms with Gasteiger partial charge in [-0.1, -0.05) is 35.3 Å². The lowest BCUT2D eigenvalue weighted by Crippen LogP contribution is -2.45. The Kier molecular flexibility index (Phi) is 8.54. The molecule has 1 aliphatic heterocycles. The molecule has 1 amide bonds. The maximum atomic E-state index is 14.0. The number of ether oxygens (including phenoxy) is 1. The zero-order chi connectivity index (χ0) is 31.1. The summed E-state index contributed by atoms with van der Waals surface area (Å²) in [6.07, 6.45) is 1.43. The number of piperidine rings is 1. The second-order valence-electron chi connectivity index (χ2n) is 11.8. The van der Waals surface area contributed by atoms with Crippen molar-refractivity contribution < 1.29 is 14.3 Å². The van der Waals surface area contributed by atoms with E-state index < -0.39 is 22.9 Å². The van der Waals surface area contributed by atoms with Gasteiger partial charge in [-0.05, 0) is 82.9 Å². The van der Waals surface area contributed by atoms with Crippen LogP contribution in [0.1, 0.15) is 46.6 Å². The molecule has 2 aromatic heterocycles. The maximum Gasteiger partial charge on any atom is 0.410 e. The molecule has 0 bridgehead atoms. The summed E-state index contributed by atoms with van der Waals surface area (Å²) in [7, 11) is 0. The van der Waals surface area contributed by atoms with E-state index in [2.05, 4.69) is 0 Å². The van der Waals surface area contributed by atoms with Crippen LogP contribution in [0.2, 0.25) is 10.0 Å². The predicted molar refractivity (Wildman–Crippen MR) is 166 cm³/mol. The highest BCUT2D eigenvalue weighted by molar-refractivity contribution is 6.33. The van der Waals surface area contributed by atoms with Crippen LogP contribution in [0.3, 0.4) is 0 Å². The first-order valence-corrected chi connectivity index (χ1v) is 14.9. The first-order valence-electron chi connectivity index (χ1n) is 14.1. The van der Waals surface area contributed by atoms with Crippen LogP contribution in [-0.4, -0.2) is 54.7 Å². The van der Waals surface area contributed by atoms with E-state index in [9.17, 15) is 19.2 Å². The monoisotopic (exact) mass is 625 g/mol. The van der Waals surface area contributed by atoms with Crippen LogP contribution in [0, 0.1) is 5.92 Å². The Morgan fingerprint density at radius 1 is 1.07 bits per heavy atom. The van der Waals surface area contributed by atoms with Crippen molar-refractivity contribution in [3.05, 3.63) is 79.4 Å². The molecule has 0 saturated carbocycles. The number of imidazole rings is 1. The van der Waals surface area contributed by atoms with E-state index in [0.717, 1.165) is 4.57 Å². The average Bonchev–Trinajstić information content (AvgIpc) is 3.36. The van der Waals surface area contributed by atoms with Gasteiger partial charge in [0.2, 0.25) is 0 Å². The van der Waals surface area contributed by atoms with Crippen molar-refractivity contribution in [3.63, 3.8) is 0 Å². The van der Waals surface area contributed by atoms with E-state index in [-0.39, 0.29) is 29.7 Å². The van der Waals surface area contributed by atoms with E-state index in [1.54, 1.807) is 51.9 Å². The SMILES string of the molecule is CC(C=O)n1c(=O)c2c(nc(-c3ccccc3Cl)n2-c2ccc(Cl)cc2)n(CC2CCN(C(=O)OC(C)(C)C)CC2)c1=O. The number of halogens is 2. The van der Waals surface area contributed by atoms with Gasteiger partial charge in [0.05, 0.1) is 11.1 Å². The molecule has 1 fully saturated rings. The molecule has 12 heteroatoms. The number of carbonyl (C=O) groups is 2. The van der Waals surface area contributed by atoms with Crippen LogP contribution in [0.4, 0.5) is 4.79 Å². The topological polar surface area (TPSA) is 108 Å². The summed E-state index contributed by atoms with van der Waals surface area (Å²) < 4.78 is 9.62. The van der Waals surface area contributed by atoms with Gasteiger partial charge in [-0.25, -0.2) is 19.1 Å². The summed E-state index contributed by atoms with van der Waals surface area (Å²) in [5.41, 5.74) is -0.401. The smallest absolute Gasteiger partial charge is 0.410 e. The number of rotatable bonds is 6. The van der Waals surface area contributed by atoms with Gasteiger partial charge < -0.3 is 14.4 Å². The molecule has 0 N–H and O–H groups in total. The van der Waals surface area contributed by atoms with Crippen molar-refractivity contribution >= 4 is 46.7 Å². The average molecular weight is 627 g/mol.